The molecule has 0 radical (unpaired) electrons. The van der Waals surface area contributed by atoms with Gasteiger partial charge in [-0.1, -0.05) is 26.0 Å². The van der Waals surface area contributed by atoms with Crippen molar-refractivity contribution in [2.45, 2.75) is 26.3 Å². The Morgan fingerprint density at radius 1 is 1.39 bits per heavy atom. The fraction of sp³-hybridized carbons (Fsp3) is 0.385. The minimum Gasteiger partial charge on any atom is -0.496 e. The van der Waals surface area contributed by atoms with Gasteiger partial charge in [0.05, 0.1) is 7.11 Å². The van der Waals surface area contributed by atoms with E-state index in [2.05, 4.69) is 19.2 Å². The summed E-state index contributed by atoms with van der Waals surface area (Å²) in [5.74, 6) is -0.744. The third-order valence-corrected chi connectivity index (χ3v) is 2.63. The molecule has 18 heavy (non-hydrogen) atoms. The lowest BCUT2D eigenvalue weighted by atomic mass is 10.0. The van der Waals surface area contributed by atoms with Crippen LogP contribution in [0.1, 0.15) is 30.9 Å². The summed E-state index contributed by atoms with van der Waals surface area (Å²) in [6.07, 6.45) is 0. The zero-order valence-corrected chi connectivity index (χ0v) is 10.8. The maximum Gasteiger partial charge on any atom is 0.309 e. The van der Waals surface area contributed by atoms with Crippen LogP contribution >= 0.6 is 0 Å². The molecule has 98 valence electrons. The largest absolute Gasteiger partial charge is 0.496 e. The summed E-state index contributed by atoms with van der Waals surface area (Å²) in [6.45, 7) is 4.37. The second-order valence-corrected chi connectivity index (χ2v) is 4.27. The molecule has 0 aromatic heterocycles. The lowest BCUT2D eigenvalue weighted by Gasteiger charge is -2.13. The highest BCUT2D eigenvalue weighted by Crippen LogP contribution is 2.23. The first kappa shape index (κ1) is 14.0. The molecule has 0 unspecified atom stereocenters. The second-order valence-electron chi connectivity index (χ2n) is 4.27. The van der Waals surface area contributed by atoms with Gasteiger partial charge < -0.3 is 15.8 Å². The number of carbonyl (C=O) groups is 2. The van der Waals surface area contributed by atoms with Crippen molar-refractivity contribution in [2.24, 2.45) is 5.73 Å². The molecule has 0 saturated carbocycles. The lowest BCUT2D eigenvalue weighted by Crippen LogP contribution is -2.35. The first-order chi connectivity index (χ1) is 8.45. The van der Waals surface area contributed by atoms with E-state index in [1.54, 1.807) is 7.11 Å². The average Bonchev–Trinajstić information content (AvgIpc) is 2.35. The number of nitrogens with two attached hydrogens (primary N) is 1. The van der Waals surface area contributed by atoms with Crippen LogP contribution in [0.4, 0.5) is 0 Å². The van der Waals surface area contributed by atoms with E-state index in [-0.39, 0.29) is 6.54 Å². The summed E-state index contributed by atoms with van der Waals surface area (Å²) < 4.78 is 5.21. The van der Waals surface area contributed by atoms with Crippen molar-refractivity contribution >= 4 is 11.8 Å². The number of hydrogen-bond acceptors (Lipinski definition) is 3. The van der Waals surface area contributed by atoms with E-state index < -0.39 is 11.8 Å². The average molecular weight is 250 g/mol. The highest BCUT2D eigenvalue weighted by molar-refractivity contribution is 6.34. The molecule has 5 heteroatoms. The van der Waals surface area contributed by atoms with Gasteiger partial charge in [0.15, 0.2) is 0 Å². The van der Waals surface area contributed by atoms with Crippen molar-refractivity contribution in [3.8, 4) is 5.75 Å². The molecule has 0 aliphatic carbocycles. The summed E-state index contributed by atoms with van der Waals surface area (Å²) in [5, 5.41) is 2.45. The van der Waals surface area contributed by atoms with Crippen LogP contribution in [-0.2, 0) is 16.1 Å². The topological polar surface area (TPSA) is 81.4 Å². The van der Waals surface area contributed by atoms with Crippen molar-refractivity contribution in [3.05, 3.63) is 29.3 Å². The Morgan fingerprint density at radius 3 is 2.56 bits per heavy atom. The molecule has 0 heterocycles. The minimum absolute atomic E-state index is 0.214. The van der Waals surface area contributed by atoms with Gasteiger partial charge in [0.25, 0.3) is 0 Å². The van der Waals surface area contributed by atoms with Crippen LogP contribution in [0.15, 0.2) is 18.2 Å². The molecular formula is C13H18N2O3. The van der Waals surface area contributed by atoms with E-state index in [1.807, 2.05) is 18.2 Å². The first-order valence-corrected chi connectivity index (χ1v) is 5.70. The molecule has 0 atom stereocenters. The third-order valence-electron chi connectivity index (χ3n) is 2.63. The van der Waals surface area contributed by atoms with E-state index >= 15 is 0 Å². The number of amides is 2. The molecule has 0 spiro atoms. The Bertz CT molecular complexity index is 456. The van der Waals surface area contributed by atoms with E-state index in [9.17, 15) is 9.59 Å². The van der Waals surface area contributed by atoms with Crippen LogP contribution < -0.4 is 15.8 Å². The highest BCUT2D eigenvalue weighted by Gasteiger charge is 2.11. The van der Waals surface area contributed by atoms with E-state index in [4.69, 9.17) is 10.5 Å². The SMILES string of the molecule is COc1ccc(C(C)C)cc1CNC(=O)C(N)=O. The smallest absolute Gasteiger partial charge is 0.309 e. The molecule has 5 nitrogen and oxygen atoms in total. The summed E-state index contributed by atoms with van der Waals surface area (Å²) in [7, 11) is 1.56. The number of nitrogens with one attached hydrogen (secondary N) is 1. The van der Waals surface area contributed by atoms with Gasteiger partial charge in [-0.3, -0.25) is 9.59 Å². The second kappa shape index (κ2) is 6.05. The highest BCUT2D eigenvalue weighted by atomic mass is 16.5. The van der Waals surface area contributed by atoms with Crippen molar-refractivity contribution in [2.75, 3.05) is 7.11 Å². The Kier molecular flexibility index (Phi) is 4.71. The molecule has 1 rings (SSSR count). The number of primary amides is 1. The van der Waals surface area contributed by atoms with E-state index in [0.717, 1.165) is 11.1 Å². The molecular weight excluding hydrogens is 232 g/mol. The van der Waals surface area contributed by atoms with Gasteiger partial charge in [-0.15, -0.1) is 0 Å². The maximum atomic E-state index is 11.1. The van der Waals surface area contributed by atoms with Crippen LogP contribution in [0.5, 0.6) is 5.75 Å². The summed E-state index contributed by atoms with van der Waals surface area (Å²) in [5.41, 5.74) is 6.82. The first-order valence-electron chi connectivity index (χ1n) is 5.70. The van der Waals surface area contributed by atoms with Gasteiger partial charge >= 0.3 is 11.8 Å². The molecule has 1 aromatic rings. The molecule has 0 bridgehead atoms. The zero-order valence-electron chi connectivity index (χ0n) is 10.8. The Hall–Kier alpha value is -2.04. The van der Waals surface area contributed by atoms with Gasteiger partial charge in [0, 0.05) is 12.1 Å². The van der Waals surface area contributed by atoms with Crippen molar-refractivity contribution in [1.29, 1.82) is 0 Å². The van der Waals surface area contributed by atoms with Gasteiger partial charge in [-0.05, 0) is 17.5 Å². The van der Waals surface area contributed by atoms with Crippen molar-refractivity contribution in [1.82, 2.24) is 5.32 Å². The number of methoxy groups -OCH3 is 1. The molecule has 1 aromatic carbocycles. The zero-order chi connectivity index (χ0) is 13.7. The summed E-state index contributed by atoms with van der Waals surface area (Å²) in [4.78, 5) is 21.7. The van der Waals surface area contributed by atoms with Gasteiger partial charge in [-0.25, -0.2) is 0 Å². The van der Waals surface area contributed by atoms with Crippen molar-refractivity contribution < 1.29 is 14.3 Å². The molecule has 2 amide bonds. The van der Waals surface area contributed by atoms with Crippen LogP contribution in [0.2, 0.25) is 0 Å². The van der Waals surface area contributed by atoms with Gasteiger partial charge in [-0.2, -0.15) is 0 Å². The Morgan fingerprint density at radius 2 is 2.06 bits per heavy atom. The minimum atomic E-state index is -0.992. The van der Waals surface area contributed by atoms with Crippen LogP contribution in [-0.4, -0.2) is 18.9 Å². The van der Waals surface area contributed by atoms with E-state index in [0.29, 0.717) is 11.7 Å². The quantitative estimate of drug-likeness (QED) is 0.780. The number of benzene rings is 1. The number of carbonyl (C=O) groups excluding carboxylic acids is 2. The lowest BCUT2D eigenvalue weighted by molar-refractivity contribution is -0.137. The summed E-state index contributed by atoms with van der Waals surface area (Å²) >= 11 is 0. The fourth-order valence-electron chi connectivity index (χ4n) is 1.56. The molecule has 0 aliphatic rings. The van der Waals surface area contributed by atoms with Gasteiger partial charge in [0.1, 0.15) is 5.75 Å². The van der Waals surface area contributed by atoms with Gasteiger partial charge in [0.2, 0.25) is 0 Å². The van der Waals surface area contributed by atoms with Crippen molar-refractivity contribution in [3.63, 3.8) is 0 Å². The fourth-order valence-corrected chi connectivity index (χ4v) is 1.56. The Labute approximate surface area is 106 Å². The molecule has 0 aliphatic heterocycles. The molecule has 3 N–H and O–H groups in total. The Balaban J connectivity index is 2.88. The maximum absolute atomic E-state index is 11.1. The molecule has 0 saturated heterocycles. The predicted molar refractivity (Wildman–Crippen MR) is 68.1 cm³/mol. The standard InChI is InChI=1S/C13H18N2O3/c1-8(2)9-4-5-11(18-3)10(6-9)7-15-13(17)12(14)16/h4-6,8H,7H2,1-3H3,(H2,14,16)(H,15,17). The third kappa shape index (κ3) is 3.48. The summed E-state index contributed by atoms with van der Waals surface area (Å²) in [6, 6.07) is 5.77. The van der Waals surface area contributed by atoms with Crippen LogP contribution in [0, 0.1) is 0 Å². The van der Waals surface area contributed by atoms with Crippen LogP contribution in [0.3, 0.4) is 0 Å². The monoisotopic (exact) mass is 250 g/mol. The normalized spacial score (nSPS) is 10.2. The van der Waals surface area contributed by atoms with E-state index in [1.165, 1.54) is 0 Å². The van der Waals surface area contributed by atoms with Crippen LogP contribution in [0.25, 0.3) is 0 Å². The molecule has 0 fully saturated rings. The number of ether oxygens (including phenoxy) is 1. The number of hydrogen-bond donors (Lipinski definition) is 2. The number of rotatable bonds is 4. The predicted octanol–water partition coefficient (Wildman–Crippen LogP) is 0.920.